The van der Waals surface area contributed by atoms with Crippen molar-refractivity contribution in [1.29, 1.82) is 0 Å². The van der Waals surface area contributed by atoms with E-state index >= 15 is 0 Å². The molecule has 0 aromatic carbocycles. The summed E-state index contributed by atoms with van der Waals surface area (Å²) in [5.41, 5.74) is 0. The van der Waals surface area contributed by atoms with Crippen LogP contribution in [0.2, 0.25) is 0 Å². The molecule has 0 N–H and O–H groups in total. The van der Waals surface area contributed by atoms with Crippen LogP contribution in [0.1, 0.15) is 201 Å². The third-order valence-electron chi connectivity index (χ3n) is 9.98. The highest BCUT2D eigenvalue weighted by molar-refractivity contribution is 5.70. The Bertz CT molecular complexity index is 1290. The molecular formula is C57H92O5. The first-order valence-corrected chi connectivity index (χ1v) is 25.1. The highest BCUT2D eigenvalue weighted by atomic mass is 16.6. The quantitative estimate of drug-likeness (QED) is 0.0347. The molecule has 0 amide bonds. The number of unbranched alkanes of at least 4 members (excludes halogenated alkanes) is 13. The van der Waals surface area contributed by atoms with Gasteiger partial charge in [0.15, 0.2) is 6.10 Å². The standard InChI is InChI=1S/C57H92O5/c1-4-7-10-13-16-19-22-25-27-29-30-33-35-38-41-44-47-50-56(58)61-54-55(62-57(59)51-48-45-42-39-36-32-24-21-18-15-12-9-6-3)53-60-52-49-46-43-40-37-34-31-28-26-23-20-17-14-11-8-5-2/h8-9,11-12,16-21,25-28,32,34,36-37,43,46,55H,4-7,10,13-15,22-24,29-31,33,35,38-42,44-45,47-54H2,1-3H3/b11-8-,12-9-,19-16-,20-17-,21-18-,27-25-,28-26-,36-32-,37-34-,46-43-. The summed E-state index contributed by atoms with van der Waals surface area (Å²) in [6.45, 7) is 7.31. The normalized spacial score (nSPS) is 13.3. The SMILES string of the molecule is CC/C=C\C/C=C\C/C=C\C/C=C\C/C=C\CCOCC(COC(=O)CCCCCCCCC/C=C\C/C=C\CCCCC)OC(=O)CCCCC/C=C\C/C=C\C/C=C\CC. The van der Waals surface area contributed by atoms with E-state index in [0.29, 0.717) is 19.4 Å². The molecule has 1 atom stereocenters. The fourth-order valence-electron chi connectivity index (χ4n) is 6.32. The van der Waals surface area contributed by atoms with Crippen LogP contribution in [0, 0.1) is 0 Å². The average Bonchev–Trinajstić information content (AvgIpc) is 3.27. The zero-order chi connectivity index (χ0) is 44.9. The molecule has 0 aliphatic rings. The van der Waals surface area contributed by atoms with Gasteiger partial charge in [-0.2, -0.15) is 0 Å². The number of esters is 2. The van der Waals surface area contributed by atoms with E-state index in [0.717, 1.165) is 116 Å². The zero-order valence-corrected chi connectivity index (χ0v) is 40.1. The summed E-state index contributed by atoms with van der Waals surface area (Å²) in [5, 5.41) is 0. The van der Waals surface area contributed by atoms with Crippen LogP contribution in [0.3, 0.4) is 0 Å². The number of carbonyl (C=O) groups excluding carboxylic acids is 2. The minimum Gasteiger partial charge on any atom is -0.462 e. The molecular weight excluding hydrogens is 765 g/mol. The van der Waals surface area contributed by atoms with Gasteiger partial charge >= 0.3 is 11.9 Å². The minimum absolute atomic E-state index is 0.0318. The van der Waals surface area contributed by atoms with Crippen LogP contribution in [0.5, 0.6) is 0 Å². The van der Waals surface area contributed by atoms with E-state index in [9.17, 15) is 9.59 Å². The number of allylic oxidation sites excluding steroid dienone is 19. The molecule has 0 saturated carbocycles. The van der Waals surface area contributed by atoms with Gasteiger partial charge in [0, 0.05) is 12.8 Å². The van der Waals surface area contributed by atoms with Crippen LogP contribution in [-0.2, 0) is 23.8 Å². The molecule has 0 saturated heterocycles. The van der Waals surface area contributed by atoms with E-state index < -0.39 is 6.10 Å². The van der Waals surface area contributed by atoms with Crippen molar-refractivity contribution in [2.75, 3.05) is 19.8 Å². The van der Waals surface area contributed by atoms with Crippen molar-refractivity contribution in [3.8, 4) is 0 Å². The van der Waals surface area contributed by atoms with E-state index in [1.54, 1.807) is 0 Å². The van der Waals surface area contributed by atoms with E-state index in [2.05, 4.69) is 142 Å². The third kappa shape index (κ3) is 49.0. The fourth-order valence-corrected chi connectivity index (χ4v) is 6.32. The molecule has 62 heavy (non-hydrogen) atoms. The monoisotopic (exact) mass is 857 g/mol. The molecule has 1 unspecified atom stereocenters. The molecule has 0 aromatic rings. The van der Waals surface area contributed by atoms with Gasteiger partial charge < -0.3 is 14.2 Å². The molecule has 5 nitrogen and oxygen atoms in total. The van der Waals surface area contributed by atoms with Crippen molar-refractivity contribution < 1.29 is 23.8 Å². The van der Waals surface area contributed by atoms with Crippen molar-refractivity contribution in [3.05, 3.63) is 122 Å². The van der Waals surface area contributed by atoms with Gasteiger partial charge in [0.2, 0.25) is 0 Å². The highest BCUT2D eigenvalue weighted by Crippen LogP contribution is 2.12. The van der Waals surface area contributed by atoms with Gasteiger partial charge in [-0.05, 0) is 116 Å². The number of carbonyl (C=O) groups is 2. The van der Waals surface area contributed by atoms with Gasteiger partial charge in [0.25, 0.3) is 0 Å². The van der Waals surface area contributed by atoms with Crippen LogP contribution < -0.4 is 0 Å². The van der Waals surface area contributed by atoms with Crippen molar-refractivity contribution in [2.45, 2.75) is 207 Å². The lowest BCUT2D eigenvalue weighted by Gasteiger charge is -2.18. The van der Waals surface area contributed by atoms with Crippen molar-refractivity contribution >= 4 is 11.9 Å². The first-order valence-electron chi connectivity index (χ1n) is 25.1. The lowest BCUT2D eigenvalue weighted by molar-refractivity contribution is -0.162. The predicted molar refractivity (Wildman–Crippen MR) is 269 cm³/mol. The van der Waals surface area contributed by atoms with Gasteiger partial charge in [0.1, 0.15) is 6.61 Å². The molecule has 0 heterocycles. The fraction of sp³-hybridized carbons (Fsp3) is 0.614. The number of hydrogen-bond donors (Lipinski definition) is 0. The van der Waals surface area contributed by atoms with Gasteiger partial charge in [0.05, 0.1) is 13.2 Å². The maximum Gasteiger partial charge on any atom is 0.306 e. The smallest absolute Gasteiger partial charge is 0.306 e. The van der Waals surface area contributed by atoms with Gasteiger partial charge in [-0.1, -0.05) is 194 Å². The highest BCUT2D eigenvalue weighted by Gasteiger charge is 2.17. The first kappa shape index (κ1) is 58.3. The van der Waals surface area contributed by atoms with Gasteiger partial charge in [-0.3, -0.25) is 9.59 Å². The zero-order valence-electron chi connectivity index (χ0n) is 40.1. The molecule has 0 fully saturated rings. The Labute approximate surface area is 382 Å². The predicted octanol–water partition coefficient (Wildman–Crippen LogP) is 17.0. The van der Waals surface area contributed by atoms with Crippen LogP contribution in [-0.4, -0.2) is 37.9 Å². The Morgan fingerprint density at radius 3 is 1.18 bits per heavy atom. The topological polar surface area (TPSA) is 61.8 Å². The van der Waals surface area contributed by atoms with E-state index in [4.69, 9.17) is 14.2 Å². The van der Waals surface area contributed by atoms with Gasteiger partial charge in [-0.25, -0.2) is 0 Å². The minimum atomic E-state index is -0.602. The summed E-state index contributed by atoms with van der Waals surface area (Å²) in [5.74, 6) is -0.490. The molecule has 0 aliphatic carbocycles. The second-order valence-corrected chi connectivity index (χ2v) is 15.9. The van der Waals surface area contributed by atoms with Crippen molar-refractivity contribution in [2.24, 2.45) is 0 Å². The number of rotatable bonds is 44. The molecule has 350 valence electrons. The second-order valence-electron chi connectivity index (χ2n) is 15.9. The lowest BCUT2D eigenvalue weighted by Crippen LogP contribution is -2.30. The molecule has 0 spiro atoms. The summed E-state index contributed by atoms with van der Waals surface area (Å²) in [4.78, 5) is 25.4. The van der Waals surface area contributed by atoms with Crippen LogP contribution in [0.15, 0.2) is 122 Å². The van der Waals surface area contributed by atoms with Gasteiger partial charge in [-0.15, -0.1) is 0 Å². The Balaban J connectivity index is 4.45. The second kappa shape index (κ2) is 51.6. The molecule has 0 radical (unpaired) electrons. The lowest BCUT2D eigenvalue weighted by atomic mass is 10.1. The summed E-state index contributed by atoms with van der Waals surface area (Å²) < 4.78 is 17.2. The molecule has 0 aromatic heterocycles. The summed E-state index contributed by atoms with van der Waals surface area (Å²) in [6.07, 6.45) is 72.3. The third-order valence-corrected chi connectivity index (χ3v) is 9.98. The molecule has 0 bridgehead atoms. The average molecular weight is 857 g/mol. The Morgan fingerprint density at radius 2 is 0.726 bits per heavy atom. The summed E-state index contributed by atoms with van der Waals surface area (Å²) in [6, 6.07) is 0. The first-order chi connectivity index (χ1) is 30.6. The largest absolute Gasteiger partial charge is 0.462 e. The van der Waals surface area contributed by atoms with E-state index in [-0.39, 0.29) is 25.2 Å². The van der Waals surface area contributed by atoms with E-state index in [1.807, 2.05) is 0 Å². The number of ether oxygens (including phenoxy) is 3. The summed E-state index contributed by atoms with van der Waals surface area (Å²) >= 11 is 0. The van der Waals surface area contributed by atoms with E-state index in [1.165, 1.54) is 51.4 Å². The molecule has 0 aliphatic heterocycles. The molecule has 5 heteroatoms. The molecule has 0 rings (SSSR count). The Kier molecular flexibility index (Phi) is 48.6. The van der Waals surface area contributed by atoms with Crippen LogP contribution in [0.25, 0.3) is 0 Å². The maximum atomic E-state index is 12.8. The van der Waals surface area contributed by atoms with Crippen LogP contribution >= 0.6 is 0 Å². The van der Waals surface area contributed by atoms with Crippen LogP contribution in [0.4, 0.5) is 0 Å². The maximum absolute atomic E-state index is 12.8. The van der Waals surface area contributed by atoms with Crippen molar-refractivity contribution in [3.63, 3.8) is 0 Å². The Morgan fingerprint density at radius 1 is 0.371 bits per heavy atom. The van der Waals surface area contributed by atoms with Crippen molar-refractivity contribution in [1.82, 2.24) is 0 Å². The Hall–Kier alpha value is -3.70. The number of hydrogen-bond acceptors (Lipinski definition) is 5. The summed E-state index contributed by atoms with van der Waals surface area (Å²) in [7, 11) is 0.